The van der Waals surface area contributed by atoms with E-state index in [9.17, 15) is 13.5 Å². The summed E-state index contributed by atoms with van der Waals surface area (Å²) in [6.45, 7) is 0. The molecule has 1 N–H and O–H groups in total. The topological polar surface area (TPSA) is 67.3 Å². The molecule has 0 aliphatic carbocycles. The Labute approximate surface area is 129 Å². The van der Waals surface area contributed by atoms with Crippen molar-refractivity contribution in [3.8, 4) is 0 Å². The second-order valence-corrected chi connectivity index (χ2v) is 6.99. The molecule has 10 heteroatoms. The normalized spacial score (nSPS) is 13.7. The largest absolute Gasteiger partial charge is 0.391 e. The maximum absolute atomic E-state index is 12.0. The lowest BCUT2D eigenvalue weighted by molar-refractivity contribution is 0.221. The highest BCUT2D eigenvalue weighted by Crippen LogP contribution is 2.38. The summed E-state index contributed by atoms with van der Waals surface area (Å²) in [7, 11) is -3.99. The fourth-order valence-electron chi connectivity index (χ4n) is 1.12. The minimum absolute atomic E-state index is 0.249. The summed E-state index contributed by atoms with van der Waals surface area (Å²) in [5, 5.41) is 8.04. The van der Waals surface area contributed by atoms with Crippen molar-refractivity contribution in [1.29, 1.82) is 0 Å². The summed E-state index contributed by atoms with van der Waals surface area (Å²) in [5.74, 6) is -0.895. The van der Waals surface area contributed by atoms with Gasteiger partial charge in [0.25, 0.3) is 0 Å². The van der Waals surface area contributed by atoms with Gasteiger partial charge in [-0.25, -0.2) is 13.4 Å². The number of hydrogen-bond acceptors (Lipinski definition) is 4. The van der Waals surface area contributed by atoms with Crippen LogP contribution in [0.2, 0.25) is 20.4 Å². The van der Waals surface area contributed by atoms with Gasteiger partial charge in [-0.3, -0.25) is 0 Å². The van der Waals surface area contributed by atoms with E-state index in [1.807, 2.05) is 0 Å². The smallest absolute Gasteiger partial charge is 0.184 e. The highest BCUT2D eigenvalue weighted by molar-refractivity contribution is 7.91. The third-order valence-electron chi connectivity index (χ3n) is 1.86. The van der Waals surface area contributed by atoms with Crippen LogP contribution in [0.4, 0.5) is 0 Å². The van der Waals surface area contributed by atoms with Crippen molar-refractivity contribution in [3.63, 3.8) is 0 Å². The monoisotopic (exact) mass is 371 g/mol. The van der Waals surface area contributed by atoms with Crippen LogP contribution in [0.5, 0.6) is 0 Å². The number of sulfone groups is 1. The Morgan fingerprint density at radius 3 is 1.94 bits per heavy atom. The Morgan fingerprint density at radius 1 is 1.11 bits per heavy atom. The summed E-state index contributed by atoms with van der Waals surface area (Å²) >= 11 is 28.1. The molecular formula is C8H6Cl5NO3S. The van der Waals surface area contributed by atoms with Crippen LogP contribution in [0.15, 0.2) is 4.90 Å². The van der Waals surface area contributed by atoms with Crippen LogP contribution >= 0.6 is 58.0 Å². The lowest BCUT2D eigenvalue weighted by Crippen LogP contribution is -2.23. The first-order chi connectivity index (χ1) is 8.20. The van der Waals surface area contributed by atoms with Crippen LogP contribution in [0.3, 0.4) is 0 Å². The molecule has 0 saturated heterocycles. The number of hydrogen-bond donors (Lipinski definition) is 1. The van der Waals surface area contributed by atoms with Crippen molar-refractivity contribution in [2.24, 2.45) is 0 Å². The van der Waals surface area contributed by atoms with Gasteiger partial charge >= 0.3 is 0 Å². The highest BCUT2D eigenvalue weighted by Gasteiger charge is 2.28. The van der Waals surface area contributed by atoms with E-state index in [2.05, 4.69) is 4.98 Å². The minimum Gasteiger partial charge on any atom is -0.391 e. The number of pyridine rings is 1. The van der Waals surface area contributed by atoms with Crippen molar-refractivity contribution in [1.82, 2.24) is 4.98 Å². The summed E-state index contributed by atoms with van der Waals surface area (Å²) in [6, 6.07) is 0. The number of aliphatic hydroxyl groups is 1. The van der Waals surface area contributed by atoms with E-state index in [4.69, 9.17) is 58.0 Å². The van der Waals surface area contributed by atoms with E-state index in [1.54, 1.807) is 0 Å². The van der Waals surface area contributed by atoms with Gasteiger partial charge in [0.1, 0.15) is 4.90 Å². The molecule has 0 aromatic carbocycles. The number of aliphatic hydroxyl groups excluding tert-OH is 1. The SMILES string of the molecule is O=S(=O)(CC(O)CCl)c1c(Cl)c(Cl)nc(Cl)c1Cl. The molecule has 1 unspecified atom stereocenters. The highest BCUT2D eigenvalue weighted by atomic mass is 35.5. The lowest BCUT2D eigenvalue weighted by Gasteiger charge is -2.12. The van der Waals surface area contributed by atoms with Gasteiger partial charge in [-0.15, -0.1) is 11.6 Å². The first kappa shape index (κ1) is 16.6. The van der Waals surface area contributed by atoms with Crippen LogP contribution in [0, 0.1) is 0 Å². The molecule has 1 atom stereocenters. The van der Waals surface area contributed by atoms with E-state index in [0.29, 0.717) is 0 Å². The molecule has 18 heavy (non-hydrogen) atoms. The van der Waals surface area contributed by atoms with Gasteiger partial charge in [-0.1, -0.05) is 46.4 Å². The van der Waals surface area contributed by atoms with E-state index in [0.717, 1.165) is 0 Å². The molecule has 1 rings (SSSR count). The summed E-state index contributed by atoms with van der Waals surface area (Å²) in [4.78, 5) is 3.10. The zero-order chi connectivity index (χ0) is 14.1. The predicted octanol–water partition coefficient (Wildman–Crippen LogP) is 3.07. The third-order valence-corrected chi connectivity index (χ3v) is 5.77. The molecule has 4 nitrogen and oxygen atoms in total. The molecule has 0 fully saturated rings. The molecule has 1 aromatic rings. The third kappa shape index (κ3) is 3.54. The van der Waals surface area contributed by atoms with Crippen LogP contribution in [0.1, 0.15) is 0 Å². The Hall–Kier alpha value is 0.510. The van der Waals surface area contributed by atoms with Crippen molar-refractivity contribution in [3.05, 3.63) is 20.4 Å². The maximum Gasteiger partial charge on any atom is 0.184 e. The standard InChI is InChI=1S/C8H6Cl5NO3S/c9-1-3(15)2-18(16,17)6-4(10)7(12)14-8(13)5(6)11/h3,15H,1-2H2. The van der Waals surface area contributed by atoms with Crippen LogP contribution in [-0.2, 0) is 9.84 Å². The maximum atomic E-state index is 12.0. The Balaban J connectivity index is 3.41. The van der Waals surface area contributed by atoms with E-state index < -0.39 is 26.6 Å². The lowest BCUT2D eigenvalue weighted by atomic mass is 10.5. The first-order valence-corrected chi connectivity index (χ1v) is 8.07. The van der Waals surface area contributed by atoms with Crippen molar-refractivity contribution in [2.45, 2.75) is 11.0 Å². The second kappa shape index (κ2) is 6.31. The molecular weight excluding hydrogens is 367 g/mol. The van der Waals surface area contributed by atoms with Gasteiger partial charge in [0.15, 0.2) is 20.1 Å². The Kier molecular flexibility index (Phi) is 5.80. The van der Waals surface area contributed by atoms with Crippen molar-refractivity contribution >= 4 is 67.8 Å². The molecule has 0 radical (unpaired) electrons. The number of halogens is 5. The Morgan fingerprint density at radius 2 is 1.56 bits per heavy atom. The molecule has 0 bridgehead atoms. The molecule has 0 aliphatic heterocycles. The number of aromatic nitrogens is 1. The molecule has 0 aliphatic rings. The van der Waals surface area contributed by atoms with E-state index in [1.165, 1.54) is 0 Å². The predicted molar refractivity (Wildman–Crippen MR) is 73.1 cm³/mol. The van der Waals surface area contributed by atoms with Crippen LogP contribution < -0.4 is 0 Å². The molecule has 0 saturated carbocycles. The van der Waals surface area contributed by atoms with Crippen LogP contribution in [-0.4, -0.2) is 36.2 Å². The van der Waals surface area contributed by atoms with Gasteiger partial charge in [0.05, 0.1) is 21.9 Å². The van der Waals surface area contributed by atoms with Gasteiger partial charge in [-0.2, -0.15) is 0 Å². The second-order valence-electron chi connectivity index (χ2n) is 3.24. The van der Waals surface area contributed by atoms with E-state index in [-0.39, 0.29) is 26.2 Å². The zero-order valence-corrected chi connectivity index (χ0v) is 13.1. The van der Waals surface area contributed by atoms with Gasteiger partial charge < -0.3 is 5.11 Å². The Bertz CT molecular complexity index is 536. The summed E-state index contributed by atoms with van der Waals surface area (Å²) in [6.07, 6.45) is -1.26. The fourth-order valence-corrected chi connectivity index (χ4v) is 4.43. The van der Waals surface area contributed by atoms with Crippen molar-refractivity contribution in [2.75, 3.05) is 11.6 Å². The fraction of sp³-hybridized carbons (Fsp3) is 0.375. The number of nitrogens with zero attached hydrogens (tertiary/aromatic N) is 1. The first-order valence-electron chi connectivity index (χ1n) is 4.37. The summed E-state index contributed by atoms with van der Waals surface area (Å²) < 4.78 is 24.0. The quantitative estimate of drug-likeness (QED) is 0.651. The minimum atomic E-state index is -3.99. The molecule has 0 spiro atoms. The number of alkyl halides is 1. The summed E-state index contributed by atoms with van der Waals surface area (Å²) in [5.41, 5.74) is 0. The zero-order valence-electron chi connectivity index (χ0n) is 8.50. The number of rotatable bonds is 4. The molecule has 102 valence electrons. The molecule has 1 heterocycles. The van der Waals surface area contributed by atoms with Gasteiger partial charge in [0.2, 0.25) is 0 Å². The van der Waals surface area contributed by atoms with Crippen molar-refractivity contribution < 1.29 is 13.5 Å². The average Bonchev–Trinajstić information content (AvgIpc) is 2.25. The molecule has 0 amide bonds. The van der Waals surface area contributed by atoms with E-state index >= 15 is 0 Å². The van der Waals surface area contributed by atoms with Gasteiger partial charge in [0, 0.05) is 5.88 Å². The van der Waals surface area contributed by atoms with Crippen LogP contribution in [0.25, 0.3) is 0 Å². The molecule has 1 aromatic heterocycles. The van der Waals surface area contributed by atoms with Gasteiger partial charge in [-0.05, 0) is 0 Å². The average molecular weight is 373 g/mol.